The minimum absolute atomic E-state index is 0.0972. The van der Waals surface area contributed by atoms with Crippen molar-refractivity contribution in [1.82, 2.24) is 20.5 Å². The molecule has 0 saturated heterocycles. The molecule has 0 saturated carbocycles. The van der Waals surface area contributed by atoms with Gasteiger partial charge in [-0.15, -0.1) is 11.3 Å². The second-order valence-electron chi connectivity index (χ2n) is 6.51. The van der Waals surface area contributed by atoms with Crippen molar-refractivity contribution in [3.05, 3.63) is 51.5 Å². The molecular weight excluding hydrogens is 358 g/mol. The molecule has 0 bridgehead atoms. The maximum absolute atomic E-state index is 12.5. The summed E-state index contributed by atoms with van der Waals surface area (Å²) in [5.74, 6) is 0.744. The fraction of sp³-hybridized carbons (Fsp3) is 0.450. The first-order valence-electron chi connectivity index (χ1n) is 9.42. The molecule has 2 heterocycles. The normalized spacial score (nSPS) is 14.0. The number of aryl methyl sites for hydroxylation is 1. The molecule has 1 aromatic heterocycles. The van der Waals surface area contributed by atoms with Crippen LogP contribution in [-0.2, 0) is 30.6 Å². The maximum atomic E-state index is 12.5. The number of nitrogens with one attached hydrogen (secondary N) is 2. The van der Waals surface area contributed by atoms with E-state index in [2.05, 4.69) is 45.7 Å². The Labute approximate surface area is 164 Å². The Balaban J connectivity index is 1.42. The van der Waals surface area contributed by atoms with E-state index in [4.69, 9.17) is 0 Å². The van der Waals surface area contributed by atoms with Crippen LogP contribution in [0, 0.1) is 0 Å². The minimum atomic E-state index is 0.0972. The van der Waals surface area contributed by atoms with Crippen molar-refractivity contribution in [3.8, 4) is 0 Å². The molecule has 0 radical (unpaired) electrons. The van der Waals surface area contributed by atoms with Gasteiger partial charge >= 0.3 is 0 Å². The van der Waals surface area contributed by atoms with Crippen LogP contribution in [0.5, 0.6) is 0 Å². The van der Waals surface area contributed by atoms with Crippen molar-refractivity contribution in [2.45, 2.75) is 32.7 Å². The number of hydrogen-bond donors (Lipinski definition) is 2. The van der Waals surface area contributed by atoms with Crippen molar-refractivity contribution in [2.75, 3.05) is 26.7 Å². The van der Waals surface area contributed by atoms with Crippen LogP contribution in [-0.4, -0.2) is 48.4 Å². The number of hydrogen-bond acceptors (Lipinski definition) is 4. The maximum Gasteiger partial charge on any atom is 0.242 e. The predicted octanol–water partition coefficient (Wildman–Crippen LogP) is 2.00. The van der Waals surface area contributed by atoms with Gasteiger partial charge in [0, 0.05) is 44.2 Å². The topological polar surface area (TPSA) is 69.6 Å². The lowest BCUT2D eigenvalue weighted by Gasteiger charge is -2.29. The van der Waals surface area contributed by atoms with E-state index in [1.54, 1.807) is 18.4 Å². The van der Waals surface area contributed by atoms with Gasteiger partial charge in [0.1, 0.15) is 0 Å². The Bertz CT molecular complexity index is 801. The highest BCUT2D eigenvalue weighted by Crippen LogP contribution is 2.18. The quantitative estimate of drug-likeness (QED) is 0.589. The molecule has 0 atom stereocenters. The zero-order valence-corrected chi connectivity index (χ0v) is 16.8. The predicted molar refractivity (Wildman–Crippen MR) is 110 cm³/mol. The van der Waals surface area contributed by atoms with Crippen molar-refractivity contribution in [3.63, 3.8) is 0 Å². The van der Waals surface area contributed by atoms with E-state index in [0.29, 0.717) is 12.5 Å². The SMILES string of the molecule is CCc1cnc(CCNC(=NC)NCC(=O)N2CCc3ccccc3C2)s1. The van der Waals surface area contributed by atoms with Crippen molar-refractivity contribution >= 4 is 23.2 Å². The van der Waals surface area contributed by atoms with Gasteiger partial charge in [-0.25, -0.2) is 4.98 Å². The summed E-state index contributed by atoms with van der Waals surface area (Å²) < 4.78 is 0. The number of fused-ring (bicyclic) bond motifs is 1. The Hall–Kier alpha value is -2.41. The number of guanidine groups is 1. The van der Waals surface area contributed by atoms with E-state index in [0.717, 1.165) is 37.4 Å². The van der Waals surface area contributed by atoms with Gasteiger partial charge in [0.2, 0.25) is 5.91 Å². The van der Waals surface area contributed by atoms with Crippen LogP contribution in [0.1, 0.15) is 27.9 Å². The molecule has 2 aromatic rings. The number of benzene rings is 1. The molecule has 7 heteroatoms. The van der Waals surface area contributed by atoms with Crippen molar-refractivity contribution in [2.24, 2.45) is 4.99 Å². The third-order valence-corrected chi connectivity index (χ3v) is 5.90. The molecule has 0 aliphatic carbocycles. The lowest BCUT2D eigenvalue weighted by molar-refractivity contribution is -0.130. The van der Waals surface area contributed by atoms with Gasteiger partial charge in [-0.3, -0.25) is 9.79 Å². The van der Waals surface area contributed by atoms with Gasteiger partial charge in [-0.1, -0.05) is 31.2 Å². The first kappa shape index (κ1) is 19.4. The lowest BCUT2D eigenvalue weighted by atomic mass is 10.00. The summed E-state index contributed by atoms with van der Waals surface area (Å²) in [4.78, 5) is 24.4. The van der Waals surface area contributed by atoms with Gasteiger partial charge < -0.3 is 15.5 Å². The third kappa shape index (κ3) is 5.29. The zero-order valence-electron chi connectivity index (χ0n) is 16.0. The molecule has 1 amide bonds. The number of rotatable bonds is 6. The molecular formula is C20H27N5OS. The number of thiazole rings is 1. The molecule has 27 heavy (non-hydrogen) atoms. The standard InChI is InChI=1S/C20H27N5OS/c1-3-17-12-23-18(27-17)8-10-22-20(21-2)24-13-19(26)25-11-9-15-6-4-5-7-16(15)14-25/h4-7,12H,3,8-11,13-14H2,1-2H3,(H2,21,22,24). The first-order chi connectivity index (χ1) is 13.2. The average Bonchev–Trinajstić information content (AvgIpc) is 3.18. The Morgan fingerprint density at radius 2 is 2.11 bits per heavy atom. The Morgan fingerprint density at radius 1 is 1.30 bits per heavy atom. The second kappa shape index (κ2) is 9.50. The number of amides is 1. The summed E-state index contributed by atoms with van der Waals surface area (Å²) in [5.41, 5.74) is 2.59. The van der Waals surface area contributed by atoms with Crippen LogP contribution in [0.15, 0.2) is 35.5 Å². The molecule has 1 aliphatic heterocycles. The number of carbonyl (C=O) groups excluding carboxylic acids is 1. The summed E-state index contributed by atoms with van der Waals surface area (Å²) >= 11 is 1.75. The van der Waals surface area contributed by atoms with Crippen LogP contribution in [0.3, 0.4) is 0 Å². The summed E-state index contributed by atoms with van der Waals surface area (Å²) in [6.45, 7) is 4.58. The number of nitrogens with zero attached hydrogens (tertiary/aromatic N) is 3. The van der Waals surface area contributed by atoms with E-state index in [9.17, 15) is 4.79 Å². The fourth-order valence-corrected chi connectivity index (χ4v) is 3.98. The highest BCUT2D eigenvalue weighted by Gasteiger charge is 2.20. The molecule has 144 valence electrons. The molecule has 3 rings (SSSR count). The number of aromatic nitrogens is 1. The molecule has 1 aromatic carbocycles. The van der Waals surface area contributed by atoms with Gasteiger partial charge in [0.15, 0.2) is 5.96 Å². The Morgan fingerprint density at radius 3 is 2.85 bits per heavy atom. The van der Waals surface area contributed by atoms with Crippen molar-refractivity contribution in [1.29, 1.82) is 0 Å². The van der Waals surface area contributed by atoms with Gasteiger partial charge in [-0.05, 0) is 24.0 Å². The summed E-state index contributed by atoms with van der Waals surface area (Å²) in [6.07, 6.45) is 4.74. The van der Waals surface area contributed by atoms with Crippen LogP contribution in [0.25, 0.3) is 0 Å². The van der Waals surface area contributed by atoms with E-state index < -0.39 is 0 Å². The molecule has 6 nitrogen and oxygen atoms in total. The largest absolute Gasteiger partial charge is 0.356 e. The minimum Gasteiger partial charge on any atom is -0.356 e. The summed E-state index contributed by atoms with van der Waals surface area (Å²) in [6, 6.07) is 8.34. The van der Waals surface area contributed by atoms with E-state index in [1.165, 1.54) is 16.0 Å². The van der Waals surface area contributed by atoms with Crippen LogP contribution in [0.2, 0.25) is 0 Å². The highest BCUT2D eigenvalue weighted by atomic mass is 32.1. The molecule has 0 unspecified atom stereocenters. The van der Waals surface area contributed by atoms with E-state index in [-0.39, 0.29) is 12.5 Å². The molecule has 2 N–H and O–H groups in total. The first-order valence-corrected chi connectivity index (χ1v) is 10.2. The number of aliphatic imine (C=N–C) groups is 1. The smallest absolute Gasteiger partial charge is 0.242 e. The monoisotopic (exact) mass is 385 g/mol. The highest BCUT2D eigenvalue weighted by molar-refractivity contribution is 7.11. The number of carbonyl (C=O) groups is 1. The molecule has 0 spiro atoms. The third-order valence-electron chi connectivity index (χ3n) is 4.70. The summed E-state index contributed by atoms with van der Waals surface area (Å²) in [7, 11) is 1.72. The fourth-order valence-electron chi connectivity index (χ4n) is 3.12. The Kier molecular flexibility index (Phi) is 6.81. The van der Waals surface area contributed by atoms with Crippen LogP contribution < -0.4 is 10.6 Å². The zero-order chi connectivity index (χ0) is 19.1. The van der Waals surface area contributed by atoms with Gasteiger partial charge in [0.25, 0.3) is 0 Å². The average molecular weight is 386 g/mol. The van der Waals surface area contributed by atoms with E-state index >= 15 is 0 Å². The second-order valence-corrected chi connectivity index (χ2v) is 7.71. The van der Waals surface area contributed by atoms with E-state index in [1.807, 2.05) is 17.2 Å². The van der Waals surface area contributed by atoms with Crippen LogP contribution >= 0.6 is 11.3 Å². The lowest BCUT2D eigenvalue weighted by Crippen LogP contribution is -2.46. The molecule has 0 fully saturated rings. The van der Waals surface area contributed by atoms with Gasteiger partial charge in [-0.2, -0.15) is 0 Å². The van der Waals surface area contributed by atoms with Gasteiger partial charge in [0.05, 0.1) is 11.6 Å². The van der Waals surface area contributed by atoms with Crippen LogP contribution in [0.4, 0.5) is 0 Å². The van der Waals surface area contributed by atoms with Crippen molar-refractivity contribution < 1.29 is 4.79 Å². The molecule has 1 aliphatic rings. The summed E-state index contributed by atoms with van der Waals surface area (Å²) in [5, 5.41) is 7.50.